The molecule has 2 fully saturated rings. The highest BCUT2D eigenvalue weighted by molar-refractivity contribution is 7.03. The van der Waals surface area contributed by atoms with Crippen LogP contribution in [0.1, 0.15) is 36.0 Å². The maximum atomic E-state index is 12.9. The third-order valence-corrected chi connectivity index (χ3v) is 5.60. The van der Waals surface area contributed by atoms with Crippen molar-refractivity contribution in [2.24, 2.45) is 0 Å². The van der Waals surface area contributed by atoms with Crippen molar-refractivity contribution in [1.29, 1.82) is 0 Å². The molecule has 4 rings (SSSR count). The smallest absolute Gasteiger partial charge is 0.254 e. The zero-order valence-electron chi connectivity index (χ0n) is 13.7. The van der Waals surface area contributed by atoms with Crippen LogP contribution in [-0.2, 0) is 0 Å². The number of amides is 1. The van der Waals surface area contributed by atoms with Gasteiger partial charge in [0.25, 0.3) is 5.91 Å². The second-order valence-corrected chi connectivity index (χ2v) is 7.28. The predicted octanol–water partition coefficient (Wildman–Crippen LogP) is 2.91. The van der Waals surface area contributed by atoms with Gasteiger partial charge in [-0.15, -0.1) is 5.10 Å². The van der Waals surface area contributed by atoms with E-state index < -0.39 is 0 Å². The van der Waals surface area contributed by atoms with Gasteiger partial charge in [-0.2, -0.15) is 0 Å². The van der Waals surface area contributed by atoms with Gasteiger partial charge in [0.05, 0.1) is 0 Å². The zero-order chi connectivity index (χ0) is 16.4. The van der Waals surface area contributed by atoms with Gasteiger partial charge in [-0.25, -0.2) is 0 Å². The second kappa shape index (κ2) is 6.99. The summed E-state index contributed by atoms with van der Waals surface area (Å²) in [5, 5.41) is 6.00. The number of benzene rings is 1. The highest BCUT2D eigenvalue weighted by Gasteiger charge is 2.31. The molecular formula is C18H22N4OS. The normalized spacial score (nSPS) is 21.5. The Morgan fingerprint density at radius 1 is 1.12 bits per heavy atom. The molecule has 0 bridgehead atoms. The third kappa shape index (κ3) is 3.21. The average molecular weight is 342 g/mol. The van der Waals surface area contributed by atoms with E-state index in [1.807, 2.05) is 29.6 Å². The summed E-state index contributed by atoms with van der Waals surface area (Å²) in [6, 6.07) is 8.15. The molecule has 1 aromatic heterocycles. The van der Waals surface area contributed by atoms with Crippen LogP contribution in [0, 0.1) is 0 Å². The molecule has 2 saturated heterocycles. The van der Waals surface area contributed by atoms with Gasteiger partial charge in [0.1, 0.15) is 5.69 Å². The molecule has 1 unspecified atom stereocenters. The first kappa shape index (κ1) is 15.7. The molecule has 2 aliphatic rings. The van der Waals surface area contributed by atoms with Crippen molar-refractivity contribution in [1.82, 2.24) is 19.4 Å². The Kier molecular flexibility index (Phi) is 4.58. The zero-order valence-corrected chi connectivity index (χ0v) is 14.5. The van der Waals surface area contributed by atoms with Crippen molar-refractivity contribution in [3.8, 4) is 11.3 Å². The first-order chi connectivity index (χ1) is 11.8. The lowest BCUT2D eigenvalue weighted by atomic mass is 10.1. The lowest BCUT2D eigenvalue weighted by Crippen LogP contribution is -2.42. The highest BCUT2D eigenvalue weighted by atomic mass is 32.1. The molecule has 0 N–H and O–H groups in total. The average Bonchev–Trinajstić information content (AvgIpc) is 3.37. The lowest BCUT2D eigenvalue weighted by molar-refractivity contribution is 0.0709. The van der Waals surface area contributed by atoms with Crippen molar-refractivity contribution >= 4 is 17.4 Å². The van der Waals surface area contributed by atoms with Crippen LogP contribution in [0.4, 0.5) is 0 Å². The molecule has 0 aliphatic carbocycles. The van der Waals surface area contributed by atoms with Crippen LogP contribution in [0.25, 0.3) is 11.3 Å². The quantitative estimate of drug-likeness (QED) is 0.857. The molecule has 2 aromatic rings. The van der Waals surface area contributed by atoms with Crippen molar-refractivity contribution in [3.05, 3.63) is 35.2 Å². The van der Waals surface area contributed by atoms with Crippen molar-refractivity contribution in [2.75, 3.05) is 26.2 Å². The van der Waals surface area contributed by atoms with Crippen LogP contribution in [0.5, 0.6) is 0 Å². The van der Waals surface area contributed by atoms with Crippen LogP contribution in [-0.4, -0.2) is 57.5 Å². The Balaban J connectivity index is 1.45. The number of nitrogens with zero attached hydrogens (tertiary/aromatic N) is 4. The van der Waals surface area contributed by atoms with Crippen LogP contribution < -0.4 is 0 Å². The van der Waals surface area contributed by atoms with E-state index in [0.29, 0.717) is 6.04 Å². The van der Waals surface area contributed by atoms with E-state index in [-0.39, 0.29) is 5.91 Å². The number of hydrogen-bond acceptors (Lipinski definition) is 5. The van der Waals surface area contributed by atoms with Crippen LogP contribution in [0.3, 0.4) is 0 Å². The van der Waals surface area contributed by atoms with Crippen LogP contribution in [0.2, 0.25) is 0 Å². The minimum absolute atomic E-state index is 0.166. The van der Waals surface area contributed by atoms with Gasteiger partial charge >= 0.3 is 0 Å². The maximum absolute atomic E-state index is 12.9. The number of rotatable bonds is 4. The van der Waals surface area contributed by atoms with Crippen LogP contribution in [0.15, 0.2) is 29.6 Å². The molecule has 1 amide bonds. The molecule has 0 spiro atoms. The second-order valence-electron chi connectivity index (χ2n) is 6.67. The van der Waals surface area contributed by atoms with E-state index in [1.54, 1.807) is 0 Å². The minimum atomic E-state index is 0.166. The Bertz CT molecular complexity index is 680. The van der Waals surface area contributed by atoms with Gasteiger partial charge in [0.2, 0.25) is 0 Å². The molecule has 3 heterocycles. The minimum Gasteiger partial charge on any atom is -0.334 e. The fourth-order valence-corrected chi connectivity index (χ4v) is 4.26. The van der Waals surface area contributed by atoms with Crippen molar-refractivity contribution in [2.45, 2.75) is 31.7 Å². The predicted molar refractivity (Wildman–Crippen MR) is 95.1 cm³/mol. The summed E-state index contributed by atoms with van der Waals surface area (Å²) in [7, 11) is 0. The summed E-state index contributed by atoms with van der Waals surface area (Å²) >= 11 is 1.34. The van der Waals surface area contributed by atoms with Crippen molar-refractivity contribution in [3.63, 3.8) is 0 Å². The largest absolute Gasteiger partial charge is 0.334 e. The Morgan fingerprint density at radius 3 is 2.62 bits per heavy atom. The molecule has 2 aliphatic heterocycles. The first-order valence-electron chi connectivity index (χ1n) is 8.72. The van der Waals surface area contributed by atoms with Gasteiger partial charge in [-0.3, -0.25) is 4.79 Å². The Morgan fingerprint density at radius 2 is 1.92 bits per heavy atom. The molecule has 0 saturated carbocycles. The van der Waals surface area contributed by atoms with Gasteiger partial charge in [0, 0.05) is 35.6 Å². The number of carbonyl (C=O) groups is 1. The molecule has 6 heteroatoms. The number of carbonyl (C=O) groups excluding carboxylic acids is 1. The summed E-state index contributed by atoms with van der Waals surface area (Å²) < 4.78 is 3.89. The SMILES string of the molecule is O=C(c1ccc(-c2csnn2)cc1)N1CCCC1CN1CCCC1. The summed E-state index contributed by atoms with van der Waals surface area (Å²) in [4.78, 5) is 17.5. The number of aromatic nitrogens is 2. The van der Waals surface area contributed by atoms with E-state index in [9.17, 15) is 4.79 Å². The van der Waals surface area contributed by atoms with E-state index in [4.69, 9.17) is 0 Å². The topological polar surface area (TPSA) is 49.3 Å². The summed E-state index contributed by atoms with van der Waals surface area (Å²) in [5.74, 6) is 0.166. The van der Waals surface area contributed by atoms with Crippen molar-refractivity contribution < 1.29 is 4.79 Å². The van der Waals surface area contributed by atoms with Gasteiger partial charge in [-0.05, 0) is 62.4 Å². The van der Waals surface area contributed by atoms with Gasteiger partial charge < -0.3 is 9.80 Å². The number of likely N-dealkylation sites (tertiary alicyclic amines) is 2. The van der Waals surface area contributed by atoms with E-state index in [0.717, 1.165) is 42.8 Å². The van der Waals surface area contributed by atoms with Gasteiger partial charge in [-0.1, -0.05) is 16.6 Å². The monoisotopic (exact) mass is 342 g/mol. The van der Waals surface area contributed by atoms with E-state index >= 15 is 0 Å². The summed E-state index contributed by atoms with van der Waals surface area (Å²) in [6.07, 6.45) is 4.85. The lowest BCUT2D eigenvalue weighted by Gasteiger charge is -2.28. The molecule has 126 valence electrons. The molecule has 0 radical (unpaired) electrons. The first-order valence-corrected chi connectivity index (χ1v) is 9.56. The Hall–Kier alpha value is -1.79. The Labute approximate surface area is 146 Å². The molecular weight excluding hydrogens is 320 g/mol. The molecule has 1 aromatic carbocycles. The van der Waals surface area contributed by atoms with E-state index in [1.165, 1.54) is 37.5 Å². The third-order valence-electron chi connectivity index (χ3n) is 5.09. The fraction of sp³-hybridized carbons (Fsp3) is 0.500. The molecule has 24 heavy (non-hydrogen) atoms. The summed E-state index contributed by atoms with van der Waals surface area (Å²) in [6.45, 7) is 4.30. The molecule has 5 nitrogen and oxygen atoms in total. The van der Waals surface area contributed by atoms with E-state index in [2.05, 4.69) is 19.4 Å². The summed E-state index contributed by atoms with van der Waals surface area (Å²) in [5.41, 5.74) is 2.65. The highest BCUT2D eigenvalue weighted by Crippen LogP contribution is 2.24. The van der Waals surface area contributed by atoms with Gasteiger partial charge in [0.15, 0.2) is 0 Å². The standard InChI is InChI=1S/C18H22N4OS/c23-18(15-7-5-14(6-8-15)17-13-24-20-19-17)22-11-3-4-16(22)12-21-9-1-2-10-21/h5-8,13,16H,1-4,9-12H2. The molecule has 1 atom stereocenters. The maximum Gasteiger partial charge on any atom is 0.254 e. The fourth-order valence-electron chi connectivity index (χ4n) is 3.80. The number of hydrogen-bond donors (Lipinski definition) is 0. The van der Waals surface area contributed by atoms with Crippen LogP contribution >= 0.6 is 11.5 Å².